The predicted octanol–water partition coefficient (Wildman–Crippen LogP) is 2.60. The van der Waals surface area contributed by atoms with Gasteiger partial charge in [-0.25, -0.2) is 5.43 Å². The van der Waals surface area contributed by atoms with Gasteiger partial charge in [0.05, 0.1) is 23.6 Å². The van der Waals surface area contributed by atoms with E-state index in [9.17, 15) is 0 Å². The maximum atomic E-state index is 5.89. The molecule has 0 atom stereocenters. The third kappa shape index (κ3) is 3.40. The average Bonchev–Trinajstić information content (AvgIpc) is 2.69. The zero-order valence-electron chi connectivity index (χ0n) is 14.9. The number of benzene rings is 3. The van der Waals surface area contributed by atoms with Crippen LogP contribution in [0.1, 0.15) is 0 Å². The molecule has 0 saturated carbocycles. The zero-order valence-corrected chi connectivity index (χ0v) is 14.9. The first-order chi connectivity index (χ1) is 13.1. The second kappa shape index (κ2) is 6.97. The van der Waals surface area contributed by atoms with Crippen molar-refractivity contribution in [3.63, 3.8) is 0 Å². The van der Waals surface area contributed by atoms with Crippen molar-refractivity contribution in [3.8, 4) is 0 Å². The van der Waals surface area contributed by atoms with Crippen molar-refractivity contribution in [1.82, 2.24) is 5.43 Å². The van der Waals surface area contributed by atoms with E-state index in [0.29, 0.717) is 0 Å². The molecule has 0 spiro atoms. The van der Waals surface area contributed by atoms with E-state index in [1.54, 1.807) is 0 Å². The molecular formula is C20H23N7. The van der Waals surface area contributed by atoms with E-state index in [0.717, 1.165) is 47.2 Å². The lowest BCUT2D eigenvalue weighted by Crippen LogP contribution is -2.66. The molecule has 7 N–H and O–H groups in total. The summed E-state index contributed by atoms with van der Waals surface area (Å²) in [4.78, 5) is 0. The molecule has 7 heteroatoms. The Hall–Kier alpha value is -3.58. The number of nitrogens with two attached hydrogens (primary N) is 3. The average molecular weight is 361 g/mol. The van der Waals surface area contributed by atoms with Gasteiger partial charge in [-0.05, 0) is 72.8 Å². The highest BCUT2D eigenvalue weighted by molar-refractivity contribution is 5.67. The van der Waals surface area contributed by atoms with Gasteiger partial charge in [-0.1, -0.05) is 0 Å². The molecule has 1 fully saturated rings. The molecule has 1 saturated heterocycles. The fourth-order valence-electron chi connectivity index (χ4n) is 3.10. The van der Waals surface area contributed by atoms with Gasteiger partial charge in [-0.15, -0.1) is 0 Å². The van der Waals surface area contributed by atoms with E-state index in [1.165, 1.54) is 0 Å². The fraction of sp³-hybridized carbons (Fsp3) is 0.100. The van der Waals surface area contributed by atoms with Gasteiger partial charge in [-0.3, -0.25) is 5.01 Å². The predicted molar refractivity (Wildman–Crippen MR) is 113 cm³/mol. The molecule has 0 amide bonds. The van der Waals surface area contributed by atoms with Gasteiger partial charge >= 0.3 is 0 Å². The summed E-state index contributed by atoms with van der Waals surface area (Å²) in [5.74, 6) is 0. The Bertz CT molecular complexity index is 838. The van der Waals surface area contributed by atoms with Crippen LogP contribution in [0, 0.1) is 0 Å². The van der Waals surface area contributed by atoms with Crippen molar-refractivity contribution in [2.45, 2.75) is 0 Å². The fourth-order valence-corrected chi connectivity index (χ4v) is 3.10. The molecule has 7 nitrogen and oxygen atoms in total. The zero-order chi connectivity index (χ0) is 18.8. The minimum absolute atomic E-state index is 0.724. The molecule has 0 aliphatic carbocycles. The number of hydrogen-bond donors (Lipinski definition) is 4. The van der Waals surface area contributed by atoms with Crippen LogP contribution < -0.4 is 37.9 Å². The number of anilines is 6. The van der Waals surface area contributed by atoms with Crippen LogP contribution in [0.3, 0.4) is 0 Å². The molecule has 3 aromatic rings. The third-order valence-electron chi connectivity index (χ3n) is 4.46. The molecule has 1 aliphatic rings. The molecule has 0 unspecified atom stereocenters. The van der Waals surface area contributed by atoms with Crippen LogP contribution in [0.4, 0.5) is 34.1 Å². The Labute approximate surface area is 158 Å². The van der Waals surface area contributed by atoms with Crippen molar-refractivity contribution in [2.75, 3.05) is 45.5 Å². The van der Waals surface area contributed by atoms with Crippen LogP contribution in [0.25, 0.3) is 0 Å². The maximum Gasteiger partial charge on any atom is 0.0833 e. The first-order valence-corrected chi connectivity index (χ1v) is 8.79. The molecule has 138 valence electrons. The standard InChI is InChI=1S/C20H23N7/c21-15-1-7-18(8-2-15)25-14-13-24-26(19-9-3-16(22)4-10-19)27(25)20-11-5-17(23)6-12-20/h1-12,24H,13-14,21-23H2. The number of nitrogen functional groups attached to an aromatic ring is 3. The van der Waals surface area contributed by atoms with Crippen LogP contribution in [0.15, 0.2) is 72.8 Å². The lowest BCUT2D eigenvalue weighted by molar-refractivity contribution is 0.503. The third-order valence-corrected chi connectivity index (χ3v) is 4.46. The highest BCUT2D eigenvalue weighted by Crippen LogP contribution is 2.30. The molecule has 0 radical (unpaired) electrons. The SMILES string of the molecule is Nc1ccc(N2CCNN(c3ccc(N)cc3)N2c2ccc(N)cc2)cc1. The summed E-state index contributed by atoms with van der Waals surface area (Å²) in [6, 6.07) is 23.4. The molecule has 1 heterocycles. The minimum atomic E-state index is 0.724. The summed E-state index contributed by atoms with van der Waals surface area (Å²) in [5.41, 5.74) is 26.3. The van der Waals surface area contributed by atoms with E-state index in [1.807, 2.05) is 77.9 Å². The van der Waals surface area contributed by atoms with E-state index in [-0.39, 0.29) is 0 Å². The summed E-state index contributed by atoms with van der Waals surface area (Å²) in [5, 5.41) is 6.28. The van der Waals surface area contributed by atoms with Gasteiger partial charge < -0.3 is 17.2 Å². The van der Waals surface area contributed by atoms with Gasteiger partial charge in [0.25, 0.3) is 0 Å². The van der Waals surface area contributed by atoms with Crippen LogP contribution in [-0.4, -0.2) is 13.1 Å². The quantitative estimate of drug-likeness (QED) is 0.532. The normalized spacial score (nSPS) is 14.4. The second-order valence-corrected chi connectivity index (χ2v) is 6.41. The Morgan fingerprint density at radius 2 is 1.04 bits per heavy atom. The summed E-state index contributed by atoms with van der Waals surface area (Å²) in [7, 11) is 0. The number of hydrazine groups is 3. The Morgan fingerprint density at radius 3 is 1.56 bits per heavy atom. The van der Waals surface area contributed by atoms with E-state index in [2.05, 4.69) is 15.6 Å². The number of hydrogen-bond acceptors (Lipinski definition) is 7. The van der Waals surface area contributed by atoms with Crippen LogP contribution in [0.2, 0.25) is 0 Å². The van der Waals surface area contributed by atoms with Crippen molar-refractivity contribution in [3.05, 3.63) is 72.8 Å². The van der Waals surface area contributed by atoms with Gasteiger partial charge in [0.2, 0.25) is 0 Å². The van der Waals surface area contributed by atoms with Crippen molar-refractivity contribution in [1.29, 1.82) is 0 Å². The lowest BCUT2D eigenvalue weighted by Gasteiger charge is -2.49. The number of nitrogens with one attached hydrogen (secondary N) is 1. The summed E-state index contributed by atoms with van der Waals surface area (Å²) in [6.07, 6.45) is 0. The van der Waals surface area contributed by atoms with Crippen LogP contribution in [0.5, 0.6) is 0 Å². The highest BCUT2D eigenvalue weighted by Gasteiger charge is 2.28. The first kappa shape index (κ1) is 16.9. The Morgan fingerprint density at radius 1 is 0.593 bits per heavy atom. The second-order valence-electron chi connectivity index (χ2n) is 6.41. The Balaban J connectivity index is 1.78. The van der Waals surface area contributed by atoms with E-state index < -0.39 is 0 Å². The summed E-state index contributed by atoms with van der Waals surface area (Å²) >= 11 is 0. The monoisotopic (exact) mass is 361 g/mol. The largest absolute Gasteiger partial charge is 0.399 e. The van der Waals surface area contributed by atoms with Crippen LogP contribution in [-0.2, 0) is 0 Å². The van der Waals surface area contributed by atoms with Crippen molar-refractivity contribution in [2.24, 2.45) is 0 Å². The molecule has 0 aromatic heterocycles. The van der Waals surface area contributed by atoms with Crippen molar-refractivity contribution >= 4 is 34.1 Å². The van der Waals surface area contributed by atoms with E-state index >= 15 is 0 Å². The number of rotatable bonds is 3. The molecule has 27 heavy (non-hydrogen) atoms. The summed E-state index contributed by atoms with van der Waals surface area (Å²) in [6.45, 7) is 1.57. The first-order valence-electron chi connectivity index (χ1n) is 8.79. The van der Waals surface area contributed by atoms with E-state index in [4.69, 9.17) is 17.2 Å². The van der Waals surface area contributed by atoms with Crippen LogP contribution >= 0.6 is 0 Å². The molecule has 0 bridgehead atoms. The minimum Gasteiger partial charge on any atom is -0.399 e. The molecule has 4 rings (SSSR count). The molecule has 1 aliphatic heterocycles. The molecule has 3 aromatic carbocycles. The topological polar surface area (TPSA) is 99.8 Å². The summed E-state index contributed by atoms with van der Waals surface area (Å²) < 4.78 is 0. The smallest absolute Gasteiger partial charge is 0.0833 e. The van der Waals surface area contributed by atoms with Gasteiger partial charge in [0.15, 0.2) is 0 Å². The maximum absolute atomic E-state index is 5.89. The number of nitrogens with zero attached hydrogens (tertiary/aromatic N) is 3. The van der Waals surface area contributed by atoms with Crippen molar-refractivity contribution < 1.29 is 0 Å². The lowest BCUT2D eigenvalue weighted by atomic mass is 10.2. The van der Waals surface area contributed by atoms with Gasteiger partial charge in [-0.2, -0.15) is 10.2 Å². The van der Waals surface area contributed by atoms with Gasteiger partial charge in [0, 0.05) is 23.6 Å². The molecular weight excluding hydrogens is 338 g/mol. The highest BCUT2D eigenvalue weighted by atomic mass is 16.0. The Kier molecular flexibility index (Phi) is 4.35. The van der Waals surface area contributed by atoms with Gasteiger partial charge in [0.1, 0.15) is 0 Å².